The number of carbonyl (C=O) groups is 1. The Labute approximate surface area is 186 Å². The zero-order valence-corrected chi connectivity index (χ0v) is 19.2. The van der Waals surface area contributed by atoms with E-state index in [4.69, 9.17) is 21.7 Å². The maximum Gasteiger partial charge on any atom is 0.257 e. The van der Waals surface area contributed by atoms with Gasteiger partial charge in [-0.1, -0.05) is 26.7 Å². The van der Waals surface area contributed by atoms with Gasteiger partial charge in [-0.3, -0.25) is 10.1 Å². The van der Waals surface area contributed by atoms with Crippen LogP contribution in [0.3, 0.4) is 0 Å². The first kappa shape index (κ1) is 23.2. The fraction of sp³-hybridized carbons (Fsp3) is 0.364. The number of benzene rings is 2. The minimum Gasteiger partial charge on any atom is -0.494 e. The number of unbranched alkanes of at least 4 members (excludes halogenated alkanes) is 2. The van der Waals surface area contributed by atoms with Crippen molar-refractivity contribution in [3.8, 4) is 11.5 Å². The first-order valence-corrected chi connectivity index (χ1v) is 11.0. The van der Waals surface area contributed by atoms with Crippen molar-refractivity contribution in [3.63, 3.8) is 0 Å². The van der Waals surface area contributed by atoms with Gasteiger partial charge in [0.2, 0.25) is 0 Å². The Morgan fingerprint density at radius 3 is 2.28 bits per heavy atom. The molecule has 29 heavy (non-hydrogen) atoms. The van der Waals surface area contributed by atoms with Crippen molar-refractivity contribution in [1.82, 2.24) is 5.32 Å². The average Bonchev–Trinajstić information content (AvgIpc) is 2.70. The van der Waals surface area contributed by atoms with E-state index in [1.807, 2.05) is 24.3 Å². The monoisotopic (exact) mass is 478 g/mol. The van der Waals surface area contributed by atoms with Crippen molar-refractivity contribution in [1.29, 1.82) is 0 Å². The van der Waals surface area contributed by atoms with E-state index in [1.165, 1.54) is 0 Å². The third-order valence-corrected chi connectivity index (χ3v) is 4.88. The zero-order valence-electron chi connectivity index (χ0n) is 16.8. The number of carbonyl (C=O) groups excluding carboxylic acids is 1. The van der Waals surface area contributed by atoms with Gasteiger partial charge in [0.05, 0.1) is 17.7 Å². The van der Waals surface area contributed by atoms with Gasteiger partial charge >= 0.3 is 0 Å². The van der Waals surface area contributed by atoms with Crippen molar-refractivity contribution >= 4 is 44.9 Å². The summed E-state index contributed by atoms with van der Waals surface area (Å²) >= 11 is 8.70. The predicted octanol–water partition coefficient (Wildman–Crippen LogP) is 5.93. The molecule has 0 saturated carbocycles. The lowest BCUT2D eigenvalue weighted by Gasteiger charge is -2.12. The molecular formula is C22H27BrN2O3S. The van der Waals surface area contributed by atoms with Crippen LogP contribution in [0.1, 0.15) is 49.9 Å². The highest BCUT2D eigenvalue weighted by atomic mass is 79.9. The molecule has 0 aromatic heterocycles. The quantitative estimate of drug-likeness (QED) is 0.327. The lowest BCUT2D eigenvalue weighted by atomic mass is 10.2. The lowest BCUT2D eigenvalue weighted by molar-refractivity contribution is 0.0977. The van der Waals surface area contributed by atoms with Crippen LogP contribution in [0.5, 0.6) is 11.5 Å². The molecule has 0 saturated heterocycles. The Balaban J connectivity index is 1.86. The molecule has 2 N–H and O–H groups in total. The Kier molecular flexibility index (Phi) is 9.94. The molecule has 1 amide bonds. The van der Waals surface area contributed by atoms with E-state index in [0.29, 0.717) is 18.8 Å². The molecule has 0 spiro atoms. The highest BCUT2D eigenvalue weighted by Gasteiger charge is 2.11. The molecule has 7 heteroatoms. The van der Waals surface area contributed by atoms with Crippen molar-refractivity contribution in [2.75, 3.05) is 18.5 Å². The number of amides is 1. The molecule has 0 aliphatic rings. The summed E-state index contributed by atoms with van der Waals surface area (Å²) in [5.74, 6) is 1.24. The van der Waals surface area contributed by atoms with Gasteiger partial charge < -0.3 is 14.8 Å². The van der Waals surface area contributed by atoms with Crippen LogP contribution in [0.4, 0.5) is 5.69 Å². The molecular weight excluding hydrogens is 452 g/mol. The molecule has 0 fully saturated rings. The fourth-order valence-corrected chi connectivity index (χ4v) is 3.10. The molecule has 0 heterocycles. The summed E-state index contributed by atoms with van der Waals surface area (Å²) in [5, 5.41) is 5.92. The van der Waals surface area contributed by atoms with Gasteiger partial charge in [-0.05, 0) is 83.5 Å². The van der Waals surface area contributed by atoms with Gasteiger partial charge in [0, 0.05) is 11.3 Å². The van der Waals surface area contributed by atoms with E-state index in [-0.39, 0.29) is 11.0 Å². The third-order valence-electron chi connectivity index (χ3n) is 4.06. The maximum atomic E-state index is 12.4. The molecule has 0 aliphatic heterocycles. The minimum absolute atomic E-state index is 0.231. The molecule has 2 aromatic carbocycles. The summed E-state index contributed by atoms with van der Waals surface area (Å²) in [4.78, 5) is 12.4. The van der Waals surface area contributed by atoms with Crippen LogP contribution in [0.15, 0.2) is 46.9 Å². The standard InChI is InChI=1S/C22H27BrN2O3S/c1-3-5-13-27-18-10-8-17(9-11-18)24-22(29)25-21(26)16-7-12-20(19(23)15-16)28-14-6-4-2/h7-12,15H,3-6,13-14H2,1-2H3,(H2,24,25,26,29). The SMILES string of the molecule is CCCCOc1ccc(NC(=S)NC(=O)c2ccc(OCCCC)c(Br)c2)cc1. The van der Waals surface area contributed by atoms with Gasteiger partial charge in [-0.15, -0.1) is 0 Å². The van der Waals surface area contributed by atoms with Gasteiger partial charge in [-0.2, -0.15) is 0 Å². The van der Waals surface area contributed by atoms with Gasteiger partial charge in [0.15, 0.2) is 5.11 Å². The second-order valence-corrected chi connectivity index (χ2v) is 7.74. The number of hydrogen-bond acceptors (Lipinski definition) is 4. The number of hydrogen-bond donors (Lipinski definition) is 2. The van der Waals surface area contributed by atoms with Crippen molar-refractivity contribution < 1.29 is 14.3 Å². The van der Waals surface area contributed by atoms with E-state index in [2.05, 4.69) is 40.4 Å². The topological polar surface area (TPSA) is 59.6 Å². The molecule has 156 valence electrons. The van der Waals surface area contributed by atoms with Crippen LogP contribution in [-0.4, -0.2) is 24.2 Å². The third kappa shape index (κ3) is 8.03. The van der Waals surface area contributed by atoms with Crippen LogP contribution in [0.25, 0.3) is 0 Å². The van der Waals surface area contributed by atoms with E-state index in [1.54, 1.807) is 18.2 Å². The summed E-state index contributed by atoms with van der Waals surface area (Å²) in [5.41, 5.74) is 1.27. The van der Waals surface area contributed by atoms with Crippen molar-refractivity contribution in [2.45, 2.75) is 39.5 Å². The van der Waals surface area contributed by atoms with Crippen molar-refractivity contribution in [3.05, 3.63) is 52.5 Å². The summed E-state index contributed by atoms with van der Waals surface area (Å²) in [7, 11) is 0. The smallest absolute Gasteiger partial charge is 0.257 e. The number of halogens is 1. The van der Waals surface area contributed by atoms with Gasteiger partial charge in [-0.25, -0.2) is 0 Å². The maximum absolute atomic E-state index is 12.4. The van der Waals surface area contributed by atoms with Crippen LogP contribution in [0, 0.1) is 0 Å². The number of rotatable bonds is 10. The molecule has 0 unspecified atom stereocenters. The summed E-state index contributed by atoms with van der Waals surface area (Å²) in [6.07, 6.45) is 4.18. The molecule has 5 nitrogen and oxygen atoms in total. The highest BCUT2D eigenvalue weighted by Crippen LogP contribution is 2.26. The highest BCUT2D eigenvalue weighted by molar-refractivity contribution is 9.10. The second kappa shape index (κ2) is 12.4. The molecule has 0 bridgehead atoms. The molecule has 2 aromatic rings. The van der Waals surface area contributed by atoms with Gasteiger partial charge in [0.1, 0.15) is 11.5 Å². The Morgan fingerprint density at radius 1 is 1.00 bits per heavy atom. The van der Waals surface area contributed by atoms with E-state index >= 15 is 0 Å². The Hall–Kier alpha value is -2.12. The first-order valence-electron chi connectivity index (χ1n) is 9.81. The number of ether oxygens (including phenoxy) is 2. The Bertz CT molecular complexity index is 812. The second-order valence-electron chi connectivity index (χ2n) is 6.48. The van der Waals surface area contributed by atoms with E-state index in [9.17, 15) is 4.79 Å². The lowest BCUT2D eigenvalue weighted by Crippen LogP contribution is -2.34. The number of anilines is 1. The van der Waals surface area contributed by atoms with Crippen molar-refractivity contribution in [2.24, 2.45) is 0 Å². The van der Waals surface area contributed by atoms with Crippen LogP contribution >= 0.6 is 28.1 Å². The zero-order chi connectivity index (χ0) is 21.1. The molecule has 2 rings (SSSR count). The van der Waals surface area contributed by atoms with Gasteiger partial charge in [0.25, 0.3) is 5.91 Å². The Morgan fingerprint density at radius 2 is 1.66 bits per heavy atom. The summed E-state index contributed by atoms with van der Waals surface area (Å²) < 4.78 is 12.1. The average molecular weight is 479 g/mol. The van der Waals surface area contributed by atoms with Crippen LogP contribution in [-0.2, 0) is 0 Å². The predicted molar refractivity (Wildman–Crippen MR) is 125 cm³/mol. The molecule has 0 radical (unpaired) electrons. The summed E-state index contributed by atoms with van der Waals surface area (Å²) in [6, 6.07) is 12.7. The van der Waals surface area contributed by atoms with E-state index < -0.39 is 0 Å². The van der Waals surface area contributed by atoms with Crippen LogP contribution < -0.4 is 20.1 Å². The van der Waals surface area contributed by atoms with E-state index in [0.717, 1.165) is 47.3 Å². The number of nitrogens with one attached hydrogen (secondary N) is 2. The molecule has 0 aliphatic carbocycles. The largest absolute Gasteiger partial charge is 0.494 e. The summed E-state index contributed by atoms with van der Waals surface area (Å²) in [6.45, 7) is 5.59. The number of thiocarbonyl (C=S) groups is 1. The molecule has 0 atom stereocenters. The minimum atomic E-state index is -0.289. The first-order chi connectivity index (χ1) is 14.0. The fourth-order valence-electron chi connectivity index (χ4n) is 2.39. The van der Waals surface area contributed by atoms with Crippen LogP contribution in [0.2, 0.25) is 0 Å². The normalized spacial score (nSPS) is 10.3.